The summed E-state index contributed by atoms with van der Waals surface area (Å²) in [6.07, 6.45) is 10.9. The molecule has 0 saturated heterocycles. The third-order valence-electron chi connectivity index (χ3n) is 2.76. The Kier molecular flexibility index (Phi) is 10.0. The van der Waals surface area contributed by atoms with Crippen LogP contribution >= 0.6 is 0 Å². The van der Waals surface area contributed by atoms with Crippen LogP contribution in [0.2, 0.25) is 0 Å². The Balaban J connectivity index is 2.99. The van der Waals surface area contributed by atoms with Gasteiger partial charge in [-0.1, -0.05) is 51.9 Å². The highest BCUT2D eigenvalue weighted by Gasteiger charge is 2.10. The van der Waals surface area contributed by atoms with Gasteiger partial charge in [-0.3, -0.25) is 0 Å². The lowest BCUT2D eigenvalue weighted by Gasteiger charge is -2.17. The van der Waals surface area contributed by atoms with Crippen LogP contribution in [0.1, 0.15) is 72.1 Å². The zero-order valence-electron chi connectivity index (χ0n) is 11.5. The smallest absolute Gasteiger partial charge is 0.0715 e. The maximum Gasteiger partial charge on any atom is 0.0715 e. The van der Waals surface area contributed by atoms with Crippen LogP contribution in [0, 0.1) is 0 Å². The summed E-state index contributed by atoms with van der Waals surface area (Å²) in [5, 5.41) is 12.8. The number of hydrogen-bond acceptors (Lipinski definition) is 2. The Hall–Kier alpha value is -0.0800. The van der Waals surface area contributed by atoms with Gasteiger partial charge in [-0.15, -0.1) is 0 Å². The predicted molar refractivity (Wildman–Crippen MR) is 71.8 cm³/mol. The molecule has 0 aliphatic heterocycles. The molecular weight excluding hydrogens is 198 g/mol. The van der Waals surface area contributed by atoms with E-state index in [4.69, 9.17) is 0 Å². The van der Waals surface area contributed by atoms with E-state index in [9.17, 15) is 5.11 Å². The second kappa shape index (κ2) is 10.1. The molecule has 98 valence electrons. The fourth-order valence-electron chi connectivity index (χ4n) is 1.78. The molecule has 0 aromatic heterocycles. The van der Waals surface area contributed by atoms with Gasteiger partial charge >= 0.3 is 0 Å². The van der Waals surface area contributed by atoms with Crippen molar-refractivity contribution in [1.82, 2.24) is 5.32 Å². The predicted octanol–water partition coefficient (Wildman–Crippen LogP) is 3.49. The molecule has 2 nitrogen and oxygen atoms in total. The number of hydrogen-bond donors (Lipinski definition) is 2. The highest BCUT2D eigenvalue weighted by Crippen LogP contribution is 2.08. The molecule has 16 heavy (non-hydrogen) atoms. The van der Waals surface area contributed by atoms with E-state index in [0.717, 1.165) is 6.54 Å². The number of unbranched alkanes of at least 4 members (excludes halogenated alkanes) is 7. The van der Waals surface area contributed by atoms with Crippen molar-refractivity contribution in [2.45, 2.75) is 77.7 Å². The largest absolute Gasteiger partial charge is 0.389 e. The van der Waals surface area contributed by atoms with Gasteiger partial charge in [-0.05, 0) is 26.8 Å². The maximum absolute atomic E-state index is 9.48. The molecule has 0 aliphatic carbocycles. The van der Waals surface area contributed by atoms with Crippen LogP contribution < -0.4 is 5.32 Å². The second-order valence-corrected chi connectivity index (χ2v) is 5.46. The molecule has 0 heterocycles. The molecule has 2 heteroatoms. The molecule has 0 amide bonds. The van der Waals surface area contributed by atoms with Crippen LogP contribution in [0.15, 0.2) is 0 Å². The molecule has 0 atom stereocenters. The summed E-state index contributed by atoms with van der Waals surface area (Å²) in [7, 11) is 0. The fourth-order valence-corrected chi connectivity index (χ4v) is 1.78. The molecule has 0 spiro atoms. The van der Waals surface area contributed by atoms with Gasteiger partial charge in [0.1, 0.15) is 0 Å². The van der Waals surface area contributed by atoms with Crippen LogP contribution in [-0.2, 0) is 0 Å². The average molecular weight is 229 g/mol. The average Bonchev–Trinajstić information content (AvgIpc) is 2.19. The van der Waals surface area contributed by atoms with Gasteiger partial charge in [-0.2, -0.15) is 0 Å². The van der Waals surface area contributed by atoms with Gasteiger partial charge < -0.3 is 10.4 Å². The van der Waals surface area contributed by atoms with E-state index in [2.05, 4.69) is 12.2 Å². The van der Waals surface area contributed by atoms with E-state index in [0.29, 0.717) is 6.54 Å². The number of rotatable bonds is 11. The van der Waals surface area contributed by atoms with Gasteiger partial charge in [0, 0.05) is 6.54 Å². The Bertz CT molecular complexity index is 140. The standard InChI is InChI=1S/C14H31NO/c1-4-5-6-7-8-9-10-11-12-15-13-14(2,3)16/h15-16H,4-13H2,1-3H3. The SMILES string of the molecule is CCCCCCCCCCNCC(C)(C)O. The minimum atomic E-state index is -0.569. The lowest BCUT2D eigenvalue weighted by atomic mass is 10.1. The van der Waals surface area contributed by atoms with Crippen molar-refractivity contribution in [2.24, 2.45) is 0 Å². The molecule has 0 fully saturated rings. The van der Waals surface area contributed by atoms with Crippen LogP contribution in [0.3, 0.4) is 0 Å². The Morgan fingerprint density at radius 3 is 1.88 bits per heavy atom. The summed E-state index contributed by atoms with van der Waals surface area (Å²) < 4.78 is 0. The lowest BCUT2D eigenvalue weighted by molar-refractivity contribution is 0.0799. The van der Waals surface area contributed by atoms with Gasteiger partial charge in [-0.25, -0.2) is 0 Å². The third kappa shape index (κ3) is 13.9. The Labute approximate surface area is 102 Å². The highest BCUT2D eigenvalue weighted by atomic mass is 16.3. The normalized spacial score (nSPS) is 12.0. The first kappa shape index (κ1) is 15.9. The first-order valence-corrected chi connectivity index (χ1v) is 6.99. The molecule has 0 bridgehead atoms. The van der Waals surface area contributed by atoms with Crippen LogP contribution in [0.25, 0.3) is 0 Å². The summed E-state index contributed by atoms with van der Waals surface area (Å²) in [6, 6.07) is 0. The van der Waals surface area contributed by atoms with Crippen LogP contribution in [0.5, 0.6) is 0 Å². The Morgan fingerprint density at radius 1 is 0.875 bits per heavy atom. The lowest BCUT2D eigenvalue weighted by Crippen LogP contribution is -2.35. The third-order valence-corrected chi connectivity index (χ3v) is 2.76. The molecule has 0 aromatic rings. The molecule has 0 saturated carbocycles. The van der Waals surface area contributed by atoms with Gasteiger partial charge in [0.05, 0.1) is 5.60 Å². The van der Waals surface area contributed by atoms with E-state index in [-0.39, 0.29) is 0 Å². The molecule has 0 aliphatic rings. The molecule has 0 radical (unpaired) electrons. The highest BCUT2D eigenvalue weighted by molar-refractivity contribution is 4.67. The van der Waals surface area contributed by atoms with Crippen molar-refractivity contribution in [3.8, 4) is 0 Å². The van der Waals surface area contributed by atoms with E-state index < -0.39 is 5.60 Å². The van der Waals surface area contributed by atoms with Crippen molar-refractivity contribution < 1.29 is 5.11 Å². The molecular formula is C14H31NO. The van der Waals surface area contributed by atoms with E-state index in [1.165, 1.54) is 51.4 Å². The molecule has 0 unspecified atom stereocenters. The molecule has 0 rings (SSSR count). The van der Waals surface area contributed by atoms with Gasteiger partial charge in [0.2, 0.25) is 0 Å². The van der Waals surface area contributed by atoms with Crippen molar-refractivity contribution in [3.05, 3.63) is 0 Å². The fraction of sp³-hybridized carbons (Fsp3) is 1.00. The summed E-state index contributed by atoms with van der Waals surface area (Å²) >= 11 is 0. The van der Waals surface area contributed by atoms with Gasteiger partial charge in [0.15, 0.2) is 0 Å². The van der Waals surface area contributed by atoms with Gasteiger partial charge in [0.25, 0.3) is 0 Å². The summed E-state index contributed by atoms with van der Waals surface area (Å²) in [4.78, 5) is 0. The zero-order valence-corrected chi connectivity index (χ0v) is 11.5. The maximum atomic E-state index is 9.48. The monoisotopic (exact) mass is 229 g/mol. The van der Waals surface area contributed by atoms with Crippen molar-refractivity contribution in [3.63, 3.8) is 0 Å². The first-order chi connectivity index (χ1) is 7.56. The topological polar surface area (TPSA) is 32.3 Å². The minimum Gasteiger partial charge on any atom is -0.389 e. The number of aliphatic hydroxyl groups is 1. The van der Waals surface area contributed by atoms with Crippen molar-refractivity contribution >= 4 is 0 Å². The summed E-state index contributed by atoms with van der Waals surface area (Å²) in [6.45, 7) is 7.68. The minimum absolute atomic E-state index is 0.569. The first-order valence-electron chi connectivity index (χ1n) is 6.99. The quantitative estimate of drug-likeness (QED) is 0.532. The number of nitrogens with one attached hydrogen (secondary N) is 1. The van der Waals surface area contributed by atoms with Crippen molar-refractivity contribution in [1.29, 1.82) is 0 Å². The zero-order chi connectivity index (χ0) is 12.3. The van der Waals surface area contributed by atoms with E-state index in [1.807, 2.05) is 13.8 Å². The molecule has 0 aromatic carbocycles. The van der Waals surface area contributed by atoms with Crippen molar-refractivity contribution in [2.75, 3.05) is 13.1 Å². The van der Waals surface area contributed by atoms with E-state index in [1.54, 1.807) is 0 Å². The Morgan fingerprint density at radius 2 is 1.38 bits per heavy atom. The van der Waals surface area contributed by atoms with Crippen LogP contribution in [-0.4, -0.2) is 23.8 Å². The van der Waals surface area contributed by atoms with E-state index >= 15 is 0 Å². The second-order valence-electron chi connectivity index (χ2n) is 5.46. The summed E-state index contributed by atoms with van der Waals surface area (Å²) in [5.74, 6) is 0. The summed E-state index contributed by atoms with van der Waals surface area (Å²) in [5.41, 5.74) is -0.569. The molecule has 2 N–H and O–H groups in total. The van der Waals surface area contributed by atoms with Crippen LogP contribution in [0.4, 0.5) is 0 Å².